The fourth-order valence-electron chi connectivity index (χ4n) is 1.64. The van der Waals surface area contributed by atoms with Crippen LogP contribution in [0.2, 0.25) is 0 Å². The number of ether oxygens (including phenoxy) is 2. The molecule has 4 nitrogen and oxygen atoms in total. The molecular weight excluding hydrogens is 298 g/mol. The van der Waals surface area contributed by atoms with Crippen LogP contribution in [0.15, 0.2) is 12.1 Å². The van der Waals surface area contributed by atoms with E-state index in [9.17, 15) is 10.1 Å². The lowest BCUT2D eigenvalue weighted by atomic mass is 10.0. The minimum atomic E-state index is -0.345. The van der Waals surface area contributed by atoms with E-state index in [1.54, 1.807) is 13.0 Å². The second kappa shape index (κ2) is 7.02. The minimum Gasteiger partial charge on any atom is -0.495 e. The van der Waals surface area contributed by atoms with Gasteiger partial charge in [0.1, 0.15) is 11.8 Å². The third-order valence-corrected chi connectivity index (χ3v) is 3.03. The number of rotatable bonds is 5. The van der Waals surface area contributed by atoms with Gasteiger partial charge in [-0.05, 0) is 12.5 Å². The van der Waals surface area contributed by atoms with E-state index in [1.165, 1.54) is 7.11 Å². The largest absolute Gasteiger partial charge is 0.495 e. The maximum atomic E-state index is 11.5. The summed E-state index contributed by atoms with van der Waals surface area (Å²) in [6.45, 7) is 2.08. The van der Waals surface area contributed by atoms with Gasteiger partial charge in [-0.1, -0.05) is 28.1 Å². The quantitative estimate of drug-likeness (QED) is 0.619. The minimum absolute atomic E-state index is 0.0790. The fraction of sp³-hybridized carbons (Fsp3) is 0.385. The van der Waals surface area contributed by atoms with Gasteiger partial charge in [0.2, 0.25) is 0 Å². The molecule has 0 amide bonds. The molecule has 0 aliphatic heterocycles. The normalized spacial score (nSPS) is 9.67. The first kappa shape index (κ1) is 14.5. The standard InChI is InChI=1S/C13H14BrNO3/c1-3-18-12(16)6-9-4-5-10(7-14)13(17-2)11(9)8-15/h4-5H,3,6-7H2,1-2H3. The van der Waals surface area contributed by atoms with Gasteiger partial charge in [0.25, 0.3) is 0 Å². The van der Waals surface area contributed by atoms with Crippen molar-refractivity contribution in [3.63, 3.8) is 0 Å². The highest BCUT2D eigenvalue weighted by molar-refractivity contribution is 9.08. The van der Waals surface area contributed by atoms with Crippen molar-refractivity contribution >= 4 is 21.9 Å². The summed E-state index contributed by atoms with van der Waals surface area (Å²) in [7, 11) is 1.51. The zero-order chi connectivity index (χ0) is 13.5. The van der Waals surface area contributed by atoms with Crippen LogP contribution in [0, 0.1) is 11.3 Å². The number of carbonyl (C=O) groups is 1. The molecule has 0 aliphatic carbocycles. The Kier molecular flexibility index (Phi) is 5.66. The van der Waals surface area contributed by atoms with Gasteiger partial charge in [-0.2, -0.15) is 5.26 Å². The van der Waals surface area contributed by atoms with Crippen molar-refractivity contribution in [2.45, 2.75) is 18.7 Å². The van der Waals surface area contributed by atoms with Crippen LogP contribution in [0.3, 0.4) is 0 Å². The zero-order valence-corrected chi connectivity index (χ0v) is 11.9. The van der Waals surface area contributed by atoms with Gasteiger partial charge < -0.3 is 9.47 Å². The van der Waals surface area contributed by atoms with Gasteiger partial charge in [-0.3, -0.25) is 4.79 Å². The van der Waals surface area contributed by atoms with E-state index >= 15 is 0 Å². The van der Waals surface area contributed by atoms with Crippen LogP contribution >= 0.6 is 15.9 Å². The SMILES string of the molecule is CCOC(=O)Cc1ccc(CBr)c(OC)c1C#N. The second-order valence-corrected chi connectivity index (χ2v) is 4.08. The number of carbonyl (C=O) groups excluding carboxylic acids is 1. The highest BCUT2D eigenvalue weighted by Crippen LogP contribution is 2.28. The van der Waals surface area contributed by atoms with Crippen LogP contribution in [0.1, 0.15) is 23.6 Å². The summed E-state index contributed by atoms with van der Waals surface area (Å²) in [5.41, 5.74) is 1.89. The Morgan fingerprint density at radius 2 is 2.11 bits per heavy atom. The van der Waals surface area contributed by atoms with Gasteiger partial charge in [0, 0.05) is 10.9 Å². The summed E-state index contributed by atoms with van der Waals surface area (Å²) in [5, 5.41) is 9.78. The lowest BCUT2D eigenvalue weighted by molar-refractivity contribution is -0.142. The van der Waals surface area contributed by atoms with Crippen molar-refractivity contribution in [3.8, 4) is 11.8 Å². The topological polar surface area (TPSA) is 59.3 Å². The van der Waals surface area contributed by atoms with Gasteiger partial charge >= 0.3 is 5.97 Å². The highest BCUT2D eigenvalue weighted by Gasteiger charge is 2.16. The molecule has 0 unspecified atom stereocenters. The molecule has 0 fully saturated rings. The number of methoxy groups -OCH3 is 1. The molecule has 1 aromatic carbocycles. The molecule has 96 valence electrons. The molecule has 0 atom stereocenters. The van der Waals surface area contributed by atoms with Gasteiger partial charge in [0.15, 0.2) is 0 Å². The van der Waals surface area contributed by atoms with Crippen LogP contribution in [-0.4, -0.2) is 19.7 Å². The Labute approximate surface area is 115 Å². The van der Waals surface area contributed by atoms with E-state index in [4.69, 9.17) is 9.47 Å². The number of nitriles is 1. The molecule has 0 saturated heterocycles. The lowest BCUT2D eigenvalue weighted by Gasteiger charge is -2.11. The average Bonchev–Trinajstić information content (AvgIpc) is 2.38. The number of alkyl halides is 1. The molecule has 0 aliphatic rings. The molecule has 0 N–H and O–H groups in total. The van der Waals surface area contributed by atoms with E-state index in [-0.39, 0.29) is 12.4 Å². The molecule has 0 aromatic heterocycles. The van der Waals surface area contributed by atoms with E-state index in [0.29, 0.717) is 28.8 Å². The third-order valence-electron chi connectivity index (χ3n) is 2.43. The van der Waals surface area contributed by atoms with Crippen LogP contribution in [0.4, 0.5) is 0 Å². The van der Waals surface area contributed by atoms with Crippen molar-refractivity contribution in [1.29, 1.82) is 5.26 Å². The fourth-order valence-corrected chi connectivity index (χ4v) is 2.08. The van der Waals surface area contributed by atoms with Crippen LogP contribution in [0.5, 0.6) is 5.75 Å². The van der Waals surface area contributed by atoms with Crippen molar-refractivity contribution in [1.82, 2.24) is 0 Å². The lowest BCUT2D eigenvalue weighted by Crippen LogP contribution is -2.09. The van der Waals surface area contributed by atoms with E-state index in [1.807, 2.05) is 6.07 Å². The van der Waals surface area contributed by atoms with Gasteiger partial charge in [-0.25, -0.2) is 0 Å². The number of esters is 1. The Morgan fingerprint density at radius 3 is 2.61 bits per heavy atom. The molecule has 0 bridgehead atoms. The zero-order valence-electron chi connectivity index (χ0n) is 10.3. The average molecular weight is 312 g/mol. The first-order valence-corrected chi connectivity index (χ1v) is 6.60. The maximum Gasteiger partial charge on any atom is 0.310 e. The summed E-state index contributed by atoms with van der Waals surface area (Å²) in [6.07, 6.45) is 0.0790. The molecule has 0 heterocycles. The smallest absolute Gasteiger partial charge is 0.310 e. The van der Waals surface area contributed by atoms with Crippen LogP contribution in [-0.2, 0) is 21.3 Å². The maximum absolute atomic E-state index is 11.5. The summed E-state index contributed by atoms with van der Waals surface area (Å²) >= 11 is 3.33. The molecule has 1 rings (SSSR count). The van der Waals surface area contributed by atoms with Crippen molar-refractivity contribution < 1.29 is 14.3 Å². The first-order valence-electron chi connectivity index (χ1n) is 5.48. The monoisotopic (exact) mass is 311 g/mol. The van der Waals surface area contributed by atoms with Gasteiger partial charge in [-0.15, -0.1) is 0 Å². The summed E-state index contributed by atoms with van der Waals surface area (Å²) in [5.74, 6) is 0.166. The third kappa shape index (κ3) is 3.23. The predicted molar refractivity (Wildman–Crippen MR) is 70.7 cm³/mol. The molecule has 0 radical (unpaired) electrons. The van der Waals surface area contributed by atoms with Crippen molar-refractivity contribution in [3.05, 3.63) is 28.8 Å². The predicted octanol–water partition coefficient (Wildman–Crippen LogP) is 2.57. The van der Waals surface area contributed by atoms with Crippen molar-refractivity contribution in [2.24, 2.45) is 0 Å². The Hall–Kier alpha value is -1.54. The Bertz CT molecular complexity index is 480. The number of nitrogens with zero attached hydrogens (tertiary/aromatic N) is 1. The molecule has 1 aromatic rings. The summed E-state index contributed by atoms with van der Waals surface area (Å²) in [4.78, 5) is 11.5. The molecular formula is C13H14BrNO3. The number of halogens is 1. The number of hydrogen-bond acceptors (Lipinski definition) is 4. The number of hydrogen-bond donors (Lipinski definition) is 0. The Morgan fingerprint density at radius 1 is 1.44 bits per heavy atom. The van der Waals surface area contributed by atoms with Gasteiger partial charge in [0.05, 0.1) is 25.7 Å². The second-order valence-electron chi connectivity index (χ2n) is 3.52. The molecule has 5 heteroatoms. The Balaban J connectivity index is 3.14. The molecule has 0 saturated carbocycles. The van der Waals surface area contributed by atoms with Crippen LogP contribution in [0.25, 0.3) is 0 Å². The van der Waals surface area contributed by atoms with E-state index in [0.717, 1.165) is 5.56 Å². The van der Waals surface area contributed by atoms with Crippen LogP contribution < -0.4 is 4.74 Å². The first-order chi connectivity index (χ1) is 8.67. The highest BCUT2D eigenvalue weighted by atomic mass is 79.9. The summed E-state index contributed by atoms with van der Waals surface area (Å²) in [6, 6.07) is 5.68. The van der Waals surface area contributed by atoms with E-state index in [2.05, 4.69) is 22.0 Å². The van der Waals surface area contributed by atoms with E-state index < -0.39 is 0 Å². The number of benzene rings is 1. The molecule has 0 spiro atoms. The van der Waals surface area contributed by atoms with Crippen molar-refractivity contribution in [2.75, 3.05) is 13.7 Å². The summed E-state index contributed by atoms with van der Waals surface area (Å²) < 4.78 is 10.1. The molecule has 18 heavy (non-hydrogen) atoms.